The highest BCUT2D eigenvalue weighted by Crippen LogP contribution is 2.17. The predicted octanol–water partition coefficient (Wildman–Crippen LogP) is 0.749. The molecule has 1 aromatic heterocycles. The Morgan fingerprint density at radius 1 is 1.38 bits per heavy atom. The lowest BCUT2D eigenvalue weighted by molar-refractivity contribution is 0.169. The summed E-state index contributed by atoms with van der Waals surface area (Å²) in [6, 6.07) is 2.22. The van der Waals surface area contributed by atoms with Crippen LogP contribution in [0.3, 0.4) is 0 Å². The van der Waals surface area contributed by atoms with E-state index in [1.54, 1.807) is 16.9 Å². The zero-order chi connectivity index (χ0) is 15.1. The Bertz CT molecular complexity index is 487. The van der Waals surface area contributed by atoms with Crippen LogP contribution < -0.4 is 16.2 Å². The van der Waals surface area contributed by atoms with Crippen molar-refractivity contribution in [3.63, 3.8) is 0 Å². The van der Waals surface area contributed by atoms with Crippen LogP contribution in [0.1, 0.15) is 25.7 Å². The van der Waals surface area contributed by atoms with Gasteiger partial charge in [0.05, 0.1) is 11.9 Å². The van der Waals surface area contributed by atoms with E-state index in [-0.39, 0.29) is 5.56 Å². The second-order valence-corrected chi connectivity index (χ2v) is 5.75. The first kappa shape index (κ1) is 16.0. The first-order chi connectivity index (χ1) is 10.2. The number of likely N-dealkylation sites (N-methyl/N-ethyl adjacent to an activating group) is 1. The summed E-state index contributed by atoms with van der Waals surface area (Å²) in [7, 11) is 4.08. The zero-order valence-corrected chi connectivity index (χ0v) is 13.1. The van der Waals surface area contributed by atoms with Crippen LogP contribution in [0, 0.1) is 0 Å². The maximum Gasteiger partial charge on any atom is 0.268 e. The molecule has 1 atom stereocenters. The van der Waals surface area contributed by atoms with Crippen molar-refractivity contribution in [1.82, 2.24) is 20.0 Å². The van der Waals surface area contributed by atoms with Crippen molar-refractivity contribution in [2.24, 2.45) is 0 Å². The predicted molar refractivity (Wildman–Crippen MR) is 85.8 cm³/mol. The van der Waals surface area contributed by atoms with Crippen LogP contribution in [-0.4, -0.2) is 54.5 Å². The lowest BCUT2D eigenvalue weighted by Gasteiger charge is -2.32. The number of nitrogens with one attached hydrogen (secondary N) is 2. The summed E-state index contributed by atoms with van der Waals surface area (Å²) in [5, 5.41) is 10.5. The molecule has 6 nitrogen and oxygen atoms in total. The van der Waals surface area contributed by atoms with Crippen molar-refractivity contribution in [2.75, 3.05) is 39.0 Å². The fourth-order valence-electron chi connectivity index (χ4n) is 2.81. The number of rotatable bonds is 7. The summed E-state index contributed by atoms with van der Waals surface area (Å²) in [5.74, 6) is 0. The third-order valence-corrected chi connectivity index (χ3v) is 4.17. The van der Waals surface area contributed by atoms with Gasteiger partial charge in [-0.2, -0.15) is 5.10 Å². The van der Waals surface area contributed by atoms with Gasteiger partial charge in [-0.1, -0.05) is 6.42 Å². The molecule has 0 aliphatic carbocycles. The summed E-state index contributed by atoms with van der Waals surface area (Å²) in [6.07, 6.45) is 6.55. The van der Waals surface area contributed by atoms with Crippen molar-refractivity contribution >= 4 is 5.69 Å². The maximum atomic E-state index is 12.1. The summed E-state index contributed by atoms with van der Waals surface area (Å²) >= 11 is 0. The highest BCUT2D eigenvalue weighted by Gasteiger charge is 2.18. The van der Waals surface area contributed by atoms with Crippen LogP contribution in [0.25, 0.3) is 0 Å². The number of aryl methyl sites for hydroxylation is 1. The molecule has 2 N–H and O–H groups in total. The molecule has 1 saturated heterocycles. The Labute approximate surface area is 126 Å². The lowest BCUT2D eigenvalue weighted by atomic mass is 10.0. The van der Waals surface area contributed by atoms with Gasteiger partial charge in [0, 0.05) is 31.7 Å². The standard InChI is InChI=1S/C15H27N5O/c1-16-7-8-17-13-11-15(21)20(18-12-13)10-6-14-5-3-4-9-19(14)2/h11-12,14,16-17H,3-10H2,1-2H3. The molecule has 0 bridgehead atoms. The van der Waals surface area contributed by atoms with Crippen molar-refractivity contribution in [3.8, 4) is 0 Å². The summed E-state index contributed by atoms with van der Waals surface area (Å²) < 4.78 is 1.58. The largest absolute Gasteiger partial charge is 0.382 e. The first-order valence-corrected chi connectivity index (χ1v) is 7.86. The minimum absolute atomic E-state index is 0.0251. The summed E-state index contributed by atoms with van der Waals surface area (Å²) in [5.41, 5.74) is 0.768. The monoisotopic (exact) mass is 293 g/mol. The lowest BCUT2D eigenvalue weighted by Crippen LogP contribution is -2.37. The molecule has 118 valence electrons. The van der Waals surface area contributed by atoms with Crippen LogP contribution in [0.4, 0.5) is 5.69 Å². The van der Waals surface area contributed by atoms with Gasteiger partial charge in [-0.05, 0) is 39.9 Å². The van der Waals surface area contributed by atoms with E-state index in [2.05, 4.69) is 27.7 Å². The van der Waals surface area contributed by atoms with Gasteiger partial charge < -0.3 is 15.5 Å². The number of anilines is 1. The van der Waals surface area contributed by atoms with Gasteiger partial charge in [0.1, 0.15) is 0 Å². The zero-order valence-electron chi connectivity index (χ0n) is 13.1. The van der Waals surface area contributed by atoms with Gasteiger partial charge in [0.2, 0.25) is 0 Å². The van der Waals surface area contributed by atoms with Crippen molar-refractivity contribution in [3.05, 3.63) is 22.6 Å². The van der Waals surface area contributed by atoms with Gasteiger partial charge in [0.25, 0.3) is 5.56 Å². The molecule has 1 fully saturated rings. The van der Waals surface area contributed by atoms with Crippen molar-refractivity contribution < 1.29 is 0 Å². The third kappa shape index (κ3) is 4.82. The van der Waals surface area contributed by atoms with Crippen LogP contribution >= 0.6 is 0 Å². The maximum absolute atomic E-state index is 12.1. The summed E-state index contributed by atoms with van der Waals surface area (Å²) in [4.78, 5) is 14.5. The molecule has 0 radical (unpaired) electrons. The number of aromatic nitrogens is 2. The molecule has 0 amide bonds. The highest BCUT2D eigenvalue weighted by atomic mass is 16.1. The fraction of sp³-hybridized carbons (Fsp3) is 0.733. The average Bonchev–Trinajstić information content (AvgIpc) is 2.48. The average molecular weight is 293 g/mol. The normalized spacial score (nSPS) is 19.6. The van der Waals surface area contributed by atoms with E-state index >= 15 is 0 Å². The second-order valence-electron chi connectivity index (χ2n) is 5.75. The van der Waals surface area contributed by atoms with E-state index in [4.69, 9.17) is 0 Å². The topological polar surface area (TPSA) is 62.2 Å². The van der Waals surface area contributed by atoms with Gasteiger partial charge in [-0.15, -0.1) is 0 Å². The van der Waals surface area contributed by atoms with E-state index in [0.717, 1.165) is 25.2 Å². The Balaban J connectivity index is 1.87. The van der Waals surface area contributed by atoms with Crippen LogP contribution in [0.2, 0.25) is 0 Å². The first-order valence-electron chi connectivity index (χ1n) is 7.86. The Morgan fingerprint density at radius 3 is 2.95 bits per heavy atom. The molecule has 1 aliphatic heterocycles. The minimum atomic E-state index is -0.0251. The molecular weight excluding hydrogens is 266 g/mol. The quantitative estimate of drug-likeness (QED) is 0.726. The Kier molecular flexibility index (Phi) is 6.20. The highest BCUT2D eigenvalue weighted by molar-refractivity contribution is 5.38. The second kappa shape index (κ2) is 8.14. The van der Waals surface area contributed by atoms with Crippen LogP contribution in [-0.2, 0) is 6.54 Å². The van der Waals surface area contributed by atoms with Gasteiger partial charge in [-0.25, -0.2) is 4.68 Å². The van der Waals surface area contributed by atoms with Gasteiger partial charge in [0.15, 0.2) is 0 Å². The molecule has 2 rings (SSSR count). The molecule has 1 aromatic rings. The van der Waals surface area contributed by atoms with E-state index in [0.29, 0.717) is 12.6 Å². The molecule has 1 unspecified atom stereocenters. The van der Waals surface area contributed by atoms with Gasteiger partial charge in [-0.3, -0.25) is 4.79 Å². The number of hydrogen-bond donors (Lipinski definition) is 2. The van der Waals surface area contributed by atoms with Crippen molar-refractivity contribution in [2.45, 2.75) is 38.3 Å². The number of likely N-dealkylation sites (tertiary alicyclic amines) is 1. The number of hydrogen-bond acceptors (Lipinski definition) is 5. The van der Waals surface area contributed by atoms with E-state index < -0.39 is 0 Å². The minimum Gasteiger partial charge on any atom is -0.382 e. The van der Waals surface area contributed by atoms with E-state index in [9.17, 15) is 4.79 Å². The van der Waals surface area contributed by atoms with Gasteiger partial charge >= 0.3 is 0 Å². The molecule has 0 aromatic carbocycles. The Morgan fingerprint density at radius 2 is 2.24 bits per heavy atom. The van der Waals surface area contributed by atoms with E-state index in [1.807, 2.05) is 7.05 Å². The molecule has 0 spiro atoms. The molecule has 0 saturated carbocycles. The third-order valence-electron chi connectivity index (χ3n) is 4.17. The molecule has 2 heterocycles. The number of nitrogens with zero attached hydrogens (tertiary/aromatic N) is 3. The molecule has 1 aliphatic rings. The fourth-order valence-corrected chi connectivity index (χ4v) is 2.81. The Hall–Kier alpha value is -1.40. The van der Waals surface area contributed by atoms with Crippen molar-refractivity contribution in [1.29, 1.82) is 0 Å². The van der Waals surface area contributed by atoms with Crippen LogP contribution in [0.5, 0.6) is 0 Å². The SMILES string of the molecule is CNCCNc1cnn(CCC2CCCCN2C)c(=O)c1. The van der Waals surface area contributed by atoms with E-state index in [1.165, 1.54) is 25.8 Å². The molecule has 6 heteroatoms. The molecular formula is C15H27N5O. The smallest absolute Gasteiger partial charge is 0.268 e. The summed E-state index contributed by atoms with van der Waals surface area (Å²) in [6.45, 7) is 3.51. The van der Waals surface area contributed by atoms with Crippen LogP contribution in [0.15, 0.2) is 17.1 Å². The number of piperidine rings is 1. The molecule has 21 heavy (non-hydrogen) atoms.